The summed E-state index contributed by atoms with van der Waals surface area (Å²) >= 11 is 6.09. The van der Waals surface area contributed by atoms with Gasteiger partial charge < -0.3 is 10.1 Å². The maximum Gasteiger partial charge on any atom is 0.146 e. The van der Waals surface area contributed by atoms with E-state index in [1.807, 2.05) is 12.1 Å². The summed E-state index contributed by atoms with van der Waals surface area (Å²) < 4.78 is 20.0. The van der Waals surface area contributed by atoms with Crippen LogP contribution in [0.4, 0.5) is 4.39 Å². The minimum Gasteiger partial charge on any atom is -0.455 e. The minimum absolute atomic E-state index is 0.345. The van der Waals surface area contributed by atoms with Gasteiger partial charge in [0, 0.05) is 13.1 Å². The molecule has 0 aromatic heterocycles. The fraction of sp³-hybridized carbons (Fsp3) is 0.188. The van der Waals surface area contributed by atoms with Crippen molar-refractivity contribution in [1.82, 2.24) is 5.32 Å². The Bertz CT molecular complexity index is 688. The topological polar surface area (TPSA) is 33.6 Å². The second-order valence-electron chi connectivity index (χ2n) is 4.66. The number of rotatable bonds is 3. The molecule has 1 aliphatic heterocycles. The van der Waals surface area contributed by atoms with Crippen LogP contribution >= 0.6 is 11.6 Å². The lowest BCUT2D eigenvalue weighted by Gasteiger charge is -2.18. The first kappa shape index (κ1) is 13.9. The highest BCUT2D eigenvalue weighted by Gasteiger charge is 2.18. The predicted octanol–water partition coefficient (Wildman–Crippen LogP) is 4.01. The maximum atomic E-state index is 14.2. The van der Waals surface area contributed by atoms with Crippen molar-refractivity contribution < 1.29 is 9.13 Å². The SMILES string of the molecule is Fc1cccc(Oc2ccccc2Cl)c1C1=NCCCN1. The average Bonchev–Trinajstić information content (AvgIpc) is 2.51. The Kier molecular flexibility index (Phi) is 4.06. The van der Waals surface area contributed by atoms with Crippen LogP contribution in [0.25, 0.3) is 0 Å². The fourth-order valence-electron chi connectivity index (χ4n) is 2.17. The number of hydrogen-bond donors (Lipinski definition) is 1. The molecule has 108 valence electrons. The average molecular weight is 305 g/mol. The summed E-state index contributed by atoms with van der Waals surface area (Å²) in [5, 5.41) is 3.59. The number of amidine groups is 1. The zero-order valence-corrected chi connectivity index (χ0v) is 12.0. The van der Waals surface area contributed by atoms with Crippen LogP contribution in [-0.4, -0.2) is 18.9 Å². The summed E-state index contributed by atoms with van der Waals surface area (Å²) in [5.74, 6) is 1.05. The molecule has 0 aliphatic carbocycles. The Hall–Kier alpha value is -2.07. The third-order valence-corrected chi connectivity index (χ3v) is 3.48. The molecule has 5 heteroatoms. The summed E-state index contributed by atoms with van der Waals surface area (Å²) in [6, 6.07) is 11.8. The highest BCUT2D eigenvalue weighted by molar-refractivity contribution is 6.32. The third kappa shape index (κ3) is 3.00. The van der Waals surface area contributed by atoms with E-state index >= 15 is 0 Å². The summed E-state index contributed by atoms with van der Waals surface area (Å²) in [6.45, 7) is 1.46. The Morgan fingerprint density at radius 1 is 1.10 bits per heavy atom. The van der Waals surface area contributed by atoms with Crippen LogP contribution in [-0.2, 0) is 0 Å². The molecule has 21 heavy (non-hydrogen) atoms. The summed E-state index contributed by atoms with van der Waals surface area (Å²) in [6.07, 6.45) is 0.943. The van der Waals surface area contributed by atoms with E-state index in [1.54, 1.807) is 24.3 Å². The summed E-state index contributed by atoms with van der Waals surface area (Å²) in [7, 11) is 0. The van der Waals surface area contributed by atoms with Crippen molar-refractivity contribution in [2.24, 2.45) is 4.99 Å². The van der Waals surface area contributed by atoms with Crippen molar-refractivity contribution in [2.75, 3.05) is 13.1 Å². The molecule has 0 saturated carbocycles. The lowest BCUT2D eigenvalue weighted by atomic mass is 10.1. The number of ether oxygens (including phenoxy) is 1. The fourth-order valence-corrected chi connectivity index (χ4v) is 2.34. The second-order valence-corrected chi connectivity index (χ2v) is 5.06. The third-order valence-electron chi connectivity index (χ3n) is 3.17. The standard InChI is InChI=1S/C16H14ClFN2O/c17-11-5-1-2-7-13(11)21-14-8-3-6-12(18)15(14)16-19-9-4-10-20-16/h1-3,5-8H,4,9-10H2,(H,19,20). The highest BCUT2D eigenvalue weighted by atomic mass is 35.5. The van der Waals surface area contributed by atoms with Gasteiger partial charge in [-0.25, -0.2) is 4.39 Å². The van der Waals surface area contributed by atoms with Crippen LogP contribution in [0.1, 0.15) is 12.0 Å². The summed E-state index contributed by atoms with van der Waals surface area (Å²) in [4.78, 5) is 4.34. The number of nitrogens with zero attached hydrogens (tertiary/aromatic N) is 1. The van der Waals surface area contributed by atoms with Gasteiger partial charge in [-0.2, -0.15) is 0 Å². The normalized spacial score (nSPS) is 14.3. The molecule has 0 saturated heterocycles. The van der Waals surface area contributed by atoms with Crippen LogP contribution in [0.5, 0.6) is 11.5 Å². The zero-order chi connectivity index (χ0) is 14.7. The first-order valence-corrected chi connectivity index (χ1v) is 7.13. The number of benzene rings is 2. The Labute approximate surface area is 127 Å². The van der Waals surface area contributed by atoms with Crippen molar-refractivity contribution in [1.29, 1.82) is 0 Å². The number of nitrogens with one attached hydrogen (secondary N) is 1. The van der Waals surface area contributed by atoms with Gasteiger partial charge in [0.2, 0.25) is 0 Å². The Morgan fingerprint density at radius 3 is 2.67 bits per heavy atom. The van der Waals surface area contributed by atoms with Gasteiger partial charge >= 0.3 is 0 Å². The van der Waals surface area contributed by atoms with E-state index < -0.39 is 0 Å². The van der Waals surface area contributed by atoms with E-state index in [0.717, 1.165) is 13.0 Å². The van der Waals surface area contributed by atoms with E-state index in [4.69, 9.17) is 16.3 Å². The van der Waals surface area contributed by atoms with Gasteiger partial charge in [-0.1, -0.05) is 29.8 Å². The largest absolute Gasteiger partial charge is 0.455 e. The quantitative estimate of drug-likeness (QED) is 0.929. The van der Waals surface area contributed by atoms with Crippen LogP contribution in [0, 0.1) is 5.82 Å². The lowest BCUT2D eigenvalue weighted by molar-refractivity contribution is 0.474. The van der Waals surface area contributed by atoms with Crippen molar-refractivity contribution in [3.63, 3.8) is 0 Å². The second kappa shape index (κ2) is 6.14. The van der Waals surface area contributed by atoms with Gasteiger partial charge in [0.1, 0.15) is 23.2 Å². The van der Waals surface area contributed by atoms with Gasteiger partial charge in [0.25, 0.3) is 0 Å². The van der Waals surface area contributed by atoms with Crippen molar-refractivity contribution >= 4 is 17.4 Å². The van der Waals surface area contributed by atoms with Gasteiger partial charge in [0.05, 0.1) is 10.6 Å². The molecule has 2 aromatic carbocycles. The molecule has 3 nitrogen and oxygen atoms in total. The smallest absolute Gasteiger partial charge is 0.146 e. The molecule has 1 heterocycles. The van der Waals surface area contributed by atoms with E-state index in [9.17, 15) is 4.39 Å². The van der Waals surface area contributed by atoms with Crippen LogP contribution in [0.3, 0.4) is 0 Å². The monoisotopic (exact) mass is 304 g/mol. The molecular weight excluding hydrogens is 291 g/mol. The first-order chi connectivity index (χ1) is 10.3. The zero-order valence-electron chi connectivity index (χ0n) is 11.3. The van der Waals surface area contributed by atoms with E-state index in [2.05, 4.69) is 10.3 Å². The lowest BCUT2D eigenvalue weighted by Crippen LogP contribution is -2.31. The molecule has 0 unspecified atom stereocenters. The van der Waals surface area contributed by atoms with Crippen molar-refractivity contribution in [2.45, 2.75) is 6.42 Å². The number of hydrogen-bond acceptors (Lipinski definition) is 3. The molecule has 2 aromatic rings. The molecular formula is C16H14ClFN2O. The van der Waals surface area contributed by atoms with Gasteiger partial charge in [-0.05, 0) is 30.7 Å². The number of aliphatic imine (C=N–C) groups is 1. The van der Waals surface area contributed by atoms with E-state index in [-0.39, 0.29) is 5.82 Å². The predicted molar refractivity (Wildman–Crippen MR) is 81.9 cm³/mol. The molecule has 0 spiro atoms. The Morgan fingerprint density at radius 2 is 1.90 bits per heavy atom. The first-order valence-electron chi connectivity index (χ1n) is 6.75. The molecule has 1 aliphatic rings. The van der Waals surface area contributed by atoms with Crippen molar-refractivity contribution in [3.8, 4) is 11.5 Å². The van der Waals surface area contributed by atoms with Gasteiger partial charge in [0.15, 0.2) is 0 Å². The molecule has 0 bridgehead atoms. The maximum absolute atomic E-state index is 14.2. The summed E-state index contributed by atoms with van der Waals surface area (Å²) in [5.41, 5.74) is 0.345. The molecule has 0 amide bonds. The van der Waals surface area contributed by atoms with Crippen LogP contribution in [0.2, 0.25) is 5.02 Å². The van der Waals surface area contributed by atoms with Crippen LogP contribution in [0.15, 0.2) is 47.5 Å². The molecule has 3 rings (SSSR count). The molecule has 0 fully saturated rings. The highest BCUT2D eigenvalue weighted by Crippen LogP contribution is 2.32. The van der Waals surface area contributed by atoms with Gasteiger partial charge in [-0.3, -0.25) is 4.99 Å². The van der Waals surface area contributed by atoms with E-state index in [1.165, 1.54) is 6.07 Å². The van der Waals surface area contributed by atoms with Gasteiger partial charge in [-0.15, -0.1) is 0 Å². The number of para-hydroxylation sites is 1. The molecule has 0 radical (unpaired) electrons. The number of halogens is 2. The Balaban J connectivity index is 2.01. The van der Waals surface area contributed by atoms with Crippen molar-refractivity contribution in [3.05, 3.63) is 58.9 Å². The molecule has 1 N–H and O–H groups in total. The van der Waals surface area contributed by atoms with Crippen LogP contribution < -0.4 is 10.1 Å². The molecule has 0 atom stereocenters. The van der Waals surface area contributed by atoms with E-state index in [0.29, 0.717) is 34.5 Å². The minimum atomic E-state index is -0.368.